The van der Waals surface area contributed by atoms with Crippen molar-refractivity contribution in [1.29, 1.82) is 0 Å². The molecule has 1 aliphatic heterocycles. The summed E-state index contributed by atoms with van der Waals surface area (Å²) in [6.07, 6.45) is 1.29. The maximum absolute atomic E-state index is 12.1. The molecule has 1 fully saturated rings. The highest BCUT2D eigenvalue weighted by Gasteiger charge is 2.33. The number of carboxylic acids is 1. The number of aliphatic carboxylic acids is 1. The van der Waals surface area contributed by atoms with Gasteiger partial charge < -0.3 is 14.7 Å². The zero-order valence-corrected chi connectivity index (χ0v) is 13.2. The van der Waals surface area contributed by atoms with Gasteiger partial charge in [-0.2, -0.15) is 0 Å². The van der Waals surface area contributed by atoms with E-state index in [0.29, 0.717) is 37.3 Å². The molecule has 124 valence electrons. The Morgan fingerprint density at radius 2 is 1.91 bits per heavy atom. The molecule has 0 unspecified atom stereocenters. The summed E-state index contributed by atoms with van der Waals surface area (Å²) < 4.78 is 5.31. The van der Waals surface area contributed by atoms with E-state index in [4.69, 9.17) is 9.84 Å². The van der Waals surface area contributed by atoms with Crippen molar-refractivity contribution in [3.63, 3.8) is 0 Å². The molecular weight excluding hydrogens is 298 g/mol. The Kier molecular flexibility index (Phi) is 5.73. The lowest BCUT2D eigenvalue weighted by molar-refractivity contribution is -0.148. The number of carbonyl (C=O) groups excluding carboxylic acids is 2. The SMILES string of the molecule is CCOc1ccc(C(=O)CCC(=O)N2CCC[C@@H]2C(=O)O)cc1. The van der Waals surface area contributed by atoms with Gasteiger partial charge in [-0.05, 0) is 44.0 Å². The molecule has 1 aromatic rings. The molecule has 1 amide bonds. The summed E-state index contributed by atoms with van der Waals surface area (Å²) in [6, 6.07) is 6.04. The summed E-state index contributed by atoms with van der Waals surface area (Å²) >= 11 is 0. The minimum absolute atomic E-state index is 0.0375. The maximum Gasteiger partial charge on any atom is 0.326 e. The number of rotatable bonds is 7. The van der Waals surface area contributed by atoms with Crippen LogP contribution in [0.3, 0.4) is 0 Å². The fraction of sp³-hybridized carbons (Fsp3) is 0.471. The van der Waals surface area contributed by atoms with E-state index < -0.39 is 12.0 Å². The number of hydrogen-bond acceptors (Lipinski definition) is 4. The van der Waals surface area contributed by atoms with Crippen molar-refractivity contribution >= 4 is 17.7 Å². The van der Waals surface area contributed by atoms with Gasteiger partial charge in [-0.15, -0.1) is 0 Å². The van der Waals surface area contributed by atoms with E-state index in [2.05, 4.69) is 0 Å². The second-order valence-corrected chi connectivity index (χ2v) is 5.46. The molecular formula is C17H21NO5. The number of Topliss-reactive ketones (excluding diaryl/α,β-unsaturated/α-hetero) is 1. The summed E-state index contributed by atoms with van der Waals surface area (Å²) in [6.45, 7) is 2.89. The average Bonchev–Trinajstić information content (AvgIpc) is 3.03. The molecule has 1 saturated heterocycles. The van der Waals surface area contributed by atoms with Gasteiger partial charge in [0.2, 0.25) is 5.91 Å². The van der Waals surface area contributed by atoms with Gasteiger partial charge in [0, 0.05) is 24.9 Å². The summed E-state index contributed by atoms with van der Waals surface area (Å²) in [5.74, 6) is -0.683. The molecule has 0 aliphatic carbocycles. The number of hydrogen-bond donors (Lipinski definition) is 1. The monoisotopic (exact) mass is 319 g/mol. The zero-order valence-electron chi connectivity index (χ0n) is 13.2. The molecule has 1 aromatic carbocycles. The Labute approximate surface area is 135 Å². The van der Waals surface area contributed by atoms with Crippen LogP contribution in [-0.4, -0.2) is 46.9 Å². The Balaban J connectivity index is 1.88. The molecule has 23 heavy (non-hydrogen) atoms. The Hall–Kier alpha value is -2.37. The number of likely N-dealkylation sites (tertiary alicyclic amines) is 1. The van der Waals surface area contributed by atoms with Crippen LogP contribution in [0.1, 0.15) is 43.0 Å². The zero-order chi connectivity index (χ0) is 16.8. The molecule has 6 nitrogen and oxygen atoms in total. The van der Waals surface area contributed by atoms with Crippen LogP contribution in [0.25, 0.3) is 0 Å². The predicted octanol–water partition coefficient (Wildman–Crippen LogP) is 2.12. The summed E-state index contributed by atoms with van der Waals surface area (Å²) in [5.41, 5.74) is 0.525. The number of nitrogens with zero attached hydrogens (tertiary/aromatic N) is 1. The highest BCUT2D eigenvalue weighted by atomic mass is 16.5. The molecule has 6 heteroatoms. The number of amides is 1. The average molecular weight is 319 g/mol. The highest BCUT2D eigenvalue weighted by molar-refractivity contribution is 5.98. The normalized spacial score (nSPS) is 17.1. The van der Waals surface area contributed by atoms with Gasteiger partial charge in [-0.1, -0.05) is 0 Å². The molecule has 0 bridgehead atoms. The van der Waals surface area contributed by atoms with Crippen molar-refractivity contribution < 1.29 is 24.2 Å². The van der Waals surface area contributed by atoms with Gasteiger partial charge in [0.25, 0.3) is 0 Å². The fourth-order valence-corrected chi connectivity index (χ4v) is 2.73. The van der Waals surface area contributed by atoms with E-state index >= 15 is 0 Å². The Morgan fingerprint density at radius 1 is 1.22 bits per heavy atom. The van der Waals surface area contributed by atoms with E-state index in [0.717, 1.165) is 0 Å². The molecule has 0 saturated carbocycles. The Morgan fingerprint density at radius 3 is 2.52 bits per heavy atom. The topological polar surface area (TPSA) is 83.9 Å². The highest BCUT2D eigenvalue weighted by Crippen LogP contribution is 2.20. The van der Waals surface area contributed by atoms with Gasteiger partial charge in [0.05, 0.1) is 6.61 Å². The van der Waals surface area contributed by atoms with Crippen LogP contribution in [0.5, 0.6) is 5.75 Å². The molecule has 0 radical (unpaired) electrons. The first-order valence-corrected chi connectivity index (χ1v) is 7.81. The van der Waals surface area contributed by atoms with Gasteiger partial charge in [-0.3, -0.25) is 9.59 Å². The van der Waals surface area contributed by atoms with Crippen LogP contribution in [0.2, 0.25) is 0 Å². The van der Waals surface area contributed by atoms with Gasteiger partial charge in [0.1, 0.15) is 11.8 Å². The first-order valence-electron chi connectivity index (χ1n) is 7.81. The van der Waals surface area contributed by atoms with Crippen molar-refractivity contribution in [3.05, 3.63) is 29.8 Å². The standard InChI is InChI=1S/C17H21NO5/c1-2-23-13-7-5-12(6-8-13)15(19)9-10-16(20)18-11-3-4-14(18)17(21)22/h5-8,14H,2-4,9-11H2,1H3,(H,21,22)/t14-/m1/s1. The smallest absolute Gasteiger partial charge is 0.326 e. The molecule has 1 aliphatic rings. The van der Waals surface area contributed by atoms with Crippen molar-refractivity contribution in [3.8, 4) is 5.75 Å². The largest absolute Gasteiger partial charge is 0.494 e. The minimum Gasteiger partial charge on any atom is -0.494 e. The second kappa shape index (κ2) is 7.76. The van der Waals surface area contributed by atoms with Gasteiger partial charge in [0.15, 0.2) is 5.78 Å². The lowest BCUT2D eigenvalue weighted by atomic mass is 10.1. The van der Waals surface area contributed by atoms with Gasteiger partial charge in [-0.25, -0.2) is 4.79 Å². The quantitative estimate of drug-likeness (QED) is 0.778. The molecule has 0 spiro atoms. The predicted molar refractivity (Wildman–Crippen MR) is 83.5 cm³/mol. The van der Waals surface area contributed by atoms with Crippen LogP contribution in [0.4, 0.5) is 0 Å². The van der Waals surface area contributed by atoms with Crippen LogP contribution in [0, 0.1) is 0 Å². The first-order chi connectivity index (χ1) is 11.0. The number of carboxylic acid groups (broad SMARTS) is 1. The summed E-state index contributed by atoms with van der Waals surface area (Å²) in [7, 11) is 0. The number of ketones is 1. The lowest BCUT2D eigenvalue weighted by Crippen LogP contribution is -2.40. The number of ether oxygens (including phenoxy) is 1. The summed E-state index contributed by atoms with van der Waals surface area (Å²) in [4.78, 5) is 36.7. The molecule has 1 atom stereocenters. The van der Waals surface area contributed by atoms with Crippen LogP contribution >= 0.6 is 0 Å². The third kappa shape index (κ3) is 4.31. The number of benzene rings is 1. The maximum atomic E-state index is 12.1. The fourth-order valence-electron chi connectivity index (χ4n) is 2.73. The van der Waals surface area contributed by atoms with E-state index in [1.54, 1.807) is 24.3 Å². The molecule has 2 rings (SSSR count). The van der Waals surface area contributed by atoms with E-state index in [-0.39, 0.29) is 24.5 Å². The third-order valence-corrected chi connectivity index (χ3v) is 3.91. The second-order valence-electron chi connectivity index (χ2n) is 5.46. The van der Waals surface area contributed by atoms with Crippen LogP contribution in [0.15, 0.2) is 24.3 Å². The van der Waals surface area contributed by atoms with Crippen molar-refractivity contribution in [2.75, 3.05) is 13.2 Å². The van der Waals surface area contributed by atoms with Crippen LogP contribution < -0.4 is 4.74 Å². The van der Waals surface area contributed by atoms with Crippen molar-refractivity contribution in [2.24, 2.45) is 0 Å². The van der Waals surface area contributed by atoms with E-state index in [9.17, 15) is 14.4 Å². The minimum atomic E-state index is -0.978. The van der Waals surface area contributed by atoms with Gasteiger partial charge >= 0.3 is 5.97 Å². The lowest BCUT2D eigenvalue weighted by Gasteiger charge is -2.21. The number of carbonyl (C=O) groups is 3. The summed E-state index contributed by atoms with van der Waals surface area (Å²) in [5, 5.41) is 9.08. The van der Waals surface area contributed by atoms with Crippen molar-refractivity contribution in [2.45, 2.75) is 38.6 Å². The van der Waals surface area contributed by atoms with Crippen LogP contribution in [-0.2, 0) is 9.59 Å². The van der Waals surface area contributed by atoms with Crippen molar-refractivity contribution in [1.82, 2.24) is 4.90 Å². The molecule has 1 heterocycles. The molecule has 1 N–H and O–H groups in total. The molecule has 0 aromatic heterocycles. The van der Waals surface area contributed by atoms with E-state index in [1.807, 2.05) is 6.92 Å². The Bertz CT molecular complexity index is 581. The first kappa shape index (κ1) is 17.0. The third-order valence-electron chi connectivity index (χ3n) is 3.91. The van der Waals surface area contributed by atoms with E-state index in [1.165, 1.54) is 4.90 Å².